The van der Waals surface area contributed by atoms with Crippen LogP contribution < -0.4 is 0 Å². The summed E-state index contributed by atoms with van der Waals surface area (Å²) >= 11 is 4.29. The van der Waals surface area contributed by atoms with E-state index in [1.54, 1.807) is 0 Å². The number of hydrogen-bond donors (Lipinski definition) is 1. The Morgan fingerprint density at radius 3 is 2.19 bits per heavy atom. The summed E-state index contributed by atoms with van der Waals surface area (Å²) in [6.07, 6.45) is 1.25. The Labute approximate surface area is 106 Å². The third-order valence-corrected chi connectivity index (χ3v) is 2.38. The zero-order chi connectivity index (χ0) is 12.7. The molecule has 0 spiro atoms. The number of hydrogen-bond acceptors (Lipinski definition) is 1. The van der Waals surface area contributed by atoms with E-state index in [9.17, 15) is 0 Å². The molecule has 1 aromatic carbocycles. The molecule has 1 aromatic rings. The van der Waals surface area contributed by atoms with Crippen molar-refractivity contribution in [3.8, 4) is 0 Å². The Balaban J connectivity index is 0.000000673. The van der Waals surface area contributed by atoms with Crippen molar-refractivity contribution in [2.75, 3.05) is 0 Å². The van der Waals surface area contributed by atoms with Crippen LogP contribution in [-0.2, 0) is 0 Å². The average Bonchev–Trinajstić information content (AvgIpc) is 2.18. The van der Waals surface area contributed by atoms with Crippen molar-refractivity contribution < 1.29 is 0 Å². The van der Waals surface area contributed by atoms with E-state index in [0.717, 1.165) is 4.91 Å². The van der Waals surface area contributed by atoms with Crippen LogP contribution in [0.15, 0.2) is 24.8 Å². The van der Waals surface area contributed by atoms with Crippen molar-refractivity contribution in [2.24, 2.45) is 0 Å². The minimum atomic E-state index is 0.527. The van der Waals surface area contributed by atoms with Gasteiger partial charge in [-0.3, -0.25) is 0 Å². The lowest BCUT2D eigenvalue weighted by atomic mass is 9.95. The summed E-state index contributed by atoms with van der Waals surface area (Å²) in [7, 11) is 0. The van der Waals surface area contributed by atoms with Crippen LogP contribution in [0.1, 0.15) is 56.7 Å². The van der Waals surface area contributed by atoms with Crippen LogP contribution in [0, 0.1) is 6.92 Å². The lowest BCUT2D eigenvalue weighted by Gasteiger charge is -2.12. The first-order chi connectivity index (χ1) is 7.43. The van der Waals surface area contributed by atoms with E-state index < -0.39 is 0 Å². The maximum atomic E-state index is 4.29. The summed E-state index contributed by atoms with van der Waals surface area (Å²) in [5.74, 6) is 0.527. The highest BCUT2D eigenvalue weighted by atomic mass is 32.1. The van der Waals surface area contributed by atoms with Gasteiger partial charge < -0.3 is 0 Å². The molecule has 0 aliphatic rings. The molecule has 1 rings (SSSR count). The van der Waals surface area contributed by atoms with Gasteiger partial charge >= 0.3 is 0 Å². The van der Waals surface area contributed by atoms with E-state index >= 15 is 0 Å². The molecule has 0 radical (unpaired) electrons. The minimum Gasteiger partial charge on any atom is -0.143 e. The van der Waals surface area contributed by atoms with E-state index in [2.05, 4.69) is 72.0 Å². The van der Waals surface area contributed by atoms with Gasteiger partial charge in [0.2, 0.25) is 0 Å². The van der Waals surface area contributed by atoms with Crippen LogP contribution in [0.3, 0.4) is 0 Å². The van der Waals surface area contributed by atoms with Crippen molar-refractivity contribution in [3.05, 3.63) is 41.5 Å². The van der Waals surface area contributed by atoms with Crippen molar-refractivity contribution >= 4 is 17.5 Å². The van der Waals surface area contributed by atoms with Crippen molar-refractivity contribution in [3.63, 3.8) is 0 Å². The summed E-state index contributed by atoms with van der Waals surface area (Å²) in [5, 5.41) is 0. The average molecular weight is 236 g/mol. The van der Waals surface area contributed by atoms with E-state index in [0.29, 0.717) is 5.92 Å². The van der Waals surface area contributed by atoms with Gasteiger partial charge in [-0.05, 0) is 24.0 Å². The molecule has 90 valence electrons. The predicted octanol–water partition coefficient (Wildman–Crippen LogP) is 5.44. The minimum absolute atomic E-state index is 0.527. The molecule has 16 heavy (non-hydrogen) atoms. The quantitative estimate of drug-likeness (QED) is 0.650. The summed E-state index contributed by atoms with van der Waals surface area (Å²) in [5.41, 5.74) is 3.80. The van der Waals surface area contributed by atoms with Gasteiger partial charge in [-0.1, -0.05) is 64.5 Å². The van der Waals surface area contributed by atoms with Gasteiger partial charge in [-0.25, -0.2) is 0 Å². The van der Waals surface area contributed by atoms with E-state index in [-0.39, 0.29) is 0 Å². The lowest BCUT2D eigenvalue weighted by molar-refractivity contribution is 0.862. The number of aryl methyl sites for hydroxylation is 1. The van der Waals surface area contributed by atoms with Crippen LogP contribution in [0.5, 0.6) is 0 Å². The number of benzene rings is 1. The van der Waals surface area contributed by atoms with Gasteiger partial charge in [-0.15, -0.1) is 12.6 Å². The summed E-state index contributed by atoms with van der Waals surface area (Å²) < 4.78 is 0. The first-order valence-corrected chi connectivity index (χ1v) is 6.37. The number of thiol groups is 1. The normalized spacial score (nSPS) is 9.69. The monoisotopic (exact) mass is 236 g/mol. The van der Waals surface area contributed by atoms with Crippen LogP contribution in [0.25, 0.3) is 4.91 Å². The van der Waals surface area contributed by atoms with Gasteiger partial charge in [0.05, 0.1) is 0 Å². The molecular weight excluding hydrogens is 212 g/mol. The van der Waals surface area contributed by atoms with E-state index in [1.807, 2.05) is 0 Å². The maximum Gasteiger partial charge on any atom is 0.00434 e. The molecular formula is C15H24S. The molecule has 0 unspecified atom stereocenters. The SMILES string of the molecule is C=C(S)c1ccc(C)cc1C(C)C.CCC. The highest BCUT2D eigenvalue weighted by Crippen LogP contribution is 2.27. The fraction of sp³-hybridized carbons (Fsp3) is 0.467. The molecule has 0 fully saturated rings. The van der Waals surface area contributed by atoms with Crippen LogP contribution in [-0.4, -0.2) is 0 Å². The standard InChI is InChI=1S/C12H16S.C3H8/c1-8(2)12-7-9(3)5-6-11(12)10(4)13;1-3-2/h5-8,13H,4H2,1-3H3;3H2,1-2H3. The molecule has 0 heterocycles. The molecule has 0 saturated carbocycles. The van der Waals surface area contributed by atoms with Gasteiger partial charge in [0.1, 0.15) is 0 Å². The second-order valence-electron chi connectivity index (χ2n) is 4.40. The lowest BCUT2D eigenvalue weighted by Crippen LogP contribution is -1.94. The Morgan fingerprint density at radius 2 is 1.81 bits per heavy atom. The van der Waals surface area contributed by atoms with Crippen LogP contribution >= 0.6 is 12.6 Å². The van der Waals surface area contributed by atoms with Gasteiger partial charge in [0, 0.05) is 4.91 Å². The Bertz CT molecular complexity index is 337. The highest BCUT2D eigenvalue weighted by molar-refractivity contribution is 7.90. The van der Waals surface area contributed by atoms with Gasteiger partial charge in [-0.2, -0.15) is 0 Å². The first-order valence-electron chi connectivity index (χ1n) is 5.92. The Morgan fingerprint density at radius 1 is 1.31 bits per heavy atom. The molecule has 0 aliphatic heterocycles. The zero-order valence-electron chi connectivity index (χ0n) is 11.2. The van der Waals surface area contributed by atoms with Crippen molar-refractivity contribution in [1.29, 1.82) is 0 Å². The molecule has 0 aliphatic carbocycles. The fourth-order valence-electron chi connectivity index (χ4n) is 1.42. The second-order valence-corrected chi connectivity index (χ2v) is 4.94. The smallest absolute Gasteiger partial charge is 0.00434 e. The molecule has 0 atom stereocenters. The highest BCUT2D eigenvalue weighted by Gasteiger charge is 2.07. The molecule has 0 aromatic heterocycles. The molecule has 1 heteroatoms. The summed E-state index contributed by atoms with van der Waals surface area (Å²) in [4.78, 5) is 0.851. The van der Waals surface area contributed by atoms with Crippen LogP contribution in [0.2, 0.25) is 0 Å². The van der Waals surface area contributed by atoms with Crippen LogP contribution in [0.4, 0.5) is 0 Å². The van der Waals surface area contributed by atoms with E-state index in [4.69, 9.17) is 0 Å². The topological polar surface area (TPSA) is 0 Å². The third kappa shape index (κ3) is 4.89. The second kappa shape index (κ2) is 7.56. The molecule has 0 amide bonds. The zero-order valence-corrected chi connectivity index (χ0v) is 12.1. The summed E-state index contributed by atoms with van der Waals surface area (Å²) in [6.45, 7) is 14.6. The summed E-state index contributed by atoms with van der Waals surface area (Å²) in [6, 6.07) is 6.41. The number of rotatable bonds is 2. The van der Waals surface area contributed by atoms with Crippen molar-refractivity contribution in [2.45, 2.75) is 47.0 Å². The molecule has 0 nitrogen and oxygen atoms in total. The Kier molecular flexibility index (Phi) is 7.24. The fourth-order valence-corrected chi connectivity index (χ4v) is 1.63. The first kappa shape index (κ1) is 15.3. The Hall–Kier alpha value is -0.690. The molecule has 0 N–H and O–H groups in total. The largest absolute Gasteiger partial charge is 0.143 e. The van der Waals surface area contributed by atoms with Gasteiger partial charge in [0.15, 0.2) is 0 Å². The molecule has 0 saturated heterocycles. The van der Waals surface area contributed by atoms with E-state index in [1.165, 1.54) is 23.1 Å². The van der Waals surface area contributed by atoms with Crippen molar-refractivity contribution in [1.82, 2.24) is 0 Å². The third-order valence-electron chi connectivity index (χ3n) is 2.14. The van der Waals surface area contributed by atoms with Gasteiger partial charge in [0.25, 0.3) is 0 Å². The predicted molar refractivity (Wildman–Crippen MR) is 79.3 cm³/mol. The molecule has 0 bridgehead atoms. The maximum absolute atomic E-state index is 4.29.